The highest BCUT2D eigenvalue weighted by molar-refractivity contribution is 7.17. The summed E-state index contributed by atoms with van der Waals surface area (Å²) in [4.78, 5) is 17.6. The Hall–Kier alpha value is -2.40. The van der Waals surface area contributed by atoms with Crippen LogP contribution < -0.4 is 11.1 Å². The van der Waals surface area contributed by atoms with E-state index in [9.17, 15) is 4.79 Å². The number of amides is 1. The molecule has 1 aromatic carbocycles. The number of nitrogens with zero attached hydrogens (tertiary/aromatic N) is 1. The largest absolute Gasteiger partial charge is 0.397 e. The number of fused-ring (bicyclic) bond motifs is 1. The number of anilines is 2. The molecule has 3 rings (SSSR count). The first-order valence-corrected chi connectivity index (χ1v) is 7.04. The maximum atomic E-state index is 12.4. The molecule has 1 amide bonds. The number of hydrogen-bond donors (Lipinski definition) is 2. The summed E-state index contributed by atoms with van der Waals surface area (Å²) in [6, 6.07) is 11.1. The third-order valence-electron chi connectivity index (χ3n) is 2.98. The van der Waals surface area contributed by atoms with Crippen LogP contribution in [0.5, 0.6) is 0 Å². The van der Waals surface area contributed by atoms with Gasteiger partial charge in [0.15, 0.2) is 0 Å². The average Bonchev–Trinajstić information content (AvgIpc) is 2.80. The summed E-state index contributed by atoms with van der Waals surface area (Å²) >= 11 is 1.45. The Balaban J connectivity index is 2.05. The smallest absolute Gasteiger partial charge is 0.256 e. The van der Waals surface area contributed by atoms with E-state index in [1.165, 1.54) is 11.3 Å². The molecule has 0 unspecified atom stereocenters. The first-order chi connectivity index (χ1) is 9.65. The van der Waals surface area contributed by atoms with Crippen LogP contribution >= 0.6 is 11.3 Å². The van der Waals surface area contributed by atoms with E-state index >= 15 is 0 Å². The Morgan fingerprint density at radius 3 is 2.80 bits per heavy atom. The molecule has 0 fully saturated rings. The van der Waals surface area contributed by atoms with Gasteiger partial charge in [0.25, 0.3) is 5.91 Å². The van der Waals surface area contributed by atoms with E-state index < -0.39 is 0 Å². The van der Waals surface area contributed by atoms with E-state index in [2.05, 4.69) is 10.3 Å². The summed E-state index contributed by atoms with van der Waals surface area (Å²) in [5.74, 6) is -0.170. The molecule has 0 aliphatic carbocycles. The van der Waals surface area contributed by atoms with Gasteiger partial charge < -0.3 is 11.1 Å². The molecule has 0 aliphatic heterocycles. The second-order valence-corrected chi connectivity index (χ2v) is 5.36. The maximum Gasteiger partial charge on any atom is 0.256 e. The molecule has 0 aliphatic rings. The first-order valence-electron chi connectivity index (χ1n) is 6.16. The summed E-state index contributed by atoms with van der Waals surface area (Å²) < 4.78 is 0. The van der Waals surface area contributed by atoms with Crippen molar-refractivity contribution >= 4 is 38.8 Å². The van der Waals surface area contributed by atoms with E-state index in [-0.39, 0.29) is 5.91 Å². The molecule has 2 aromatic heterocycles. The van der Waals surface area contributed by atoms with Crippen LogP contribution in [0.15, 0.2) is 41.8 Å². The van der Waals surface area contributed by atoms with E-state index in [0.717, 1.165) is 21.6 Å². The molecule has 0 bridgehead atoms. The zero-order valence-electron chi connectivity index (χ0n) is 10.9. The Labute approximate surface area is 120 Å². The first kappa shape index (κ1) is 12.6. The van der Waals surface area contributed by atoms with Crippen molar-refractivity contribution in [2.24, 2.45) is 0 Å². The third-order valence-corrected chi connectivity index (χ3v) is 3.87. The number of nitrogen functional groups attached to an aromatic ring is 1. The summed E-state index contributed by atoms with van der Waals surface area (Å²) in [5.41, 5.74) is 8.67. The topological polar surface area (TPSA) is 68.0 Å². The Kier molecular flexibility index (Phi) is 3.12. The van der Waals surface area contributed by atoms with Gasteiger partial charge in [-0.1, -0.05) is 18.2 Å². The maximum absolute atomic E-state index is 12.4. The van der Waals surface area contributed by atoms with Crippen LogP contribution in [0.4, 0.5) is 11.4 Å². The lowest BCUT2D eigenvalue weighted by Crippen LogP contribution is -2.13. The van der Waals surface area contributed by atoms with Gasteiger partial charge in [0, 0.05) is 22.1 Å². The monoisotopic (exact) mass is 283 g/mol. The third kappa shape index (κ3) is 2.23. The van der Waals surface area contributed by atoms with Crippen LogP contribution in [-0.4, -0.2) is 10.9 Å². The minimum Gasteiger partial charge on any atom is -0.397 e. The van der Waals surface area contributed by atoms with Crippen LogP contribution in [-0.2, 0) is 0 Å². The predicted octanol–water partition coefficient (Wildman–Crippen LogP) is 3.44. The van der Waals surface area contributed by atoms with Crippen LogP contribution in [0.3, 0.4) is 0 Å². The van der Waals surface area contributed by atoms with Crippen LogP contribution in [0.2, 0.25) is 0 Å². The number of carbonyl (C=O) groups excluding carboxylic acids is 1. The quantitative estimate of drug-likeness (QED) is 0.757. The van der Waals surface area contributed by atoms with Gasteiger partial charge in [-0.05, 0) is 25.1 Å². The molecule has 0 saturated heterocycles. The minimum absolute atomic E-state index is 0.170. The van der Waals surface area contributed by atoms with Gasteiger partial charge in [0.05, 0.1) is 11.3 Å². The number of hydrogen-bond acceptors (Lipinski definition) is 4. The van der Waals surface area contributed by atoms with Gasteiger partial charge >= 0.3 is 0 Å². The molecule has 100 valence electrons. The summed E-state index contributed by atoms with van der Waals surface area (Å²) in [6.07, 6.45) is 0. The van der Waals surface area contributed by atoms with Gasteiger partial charge in [-0.25, -0.2) is 4.98 Å². The molecule has 2 heterocycles. The zero-order chi connectivity index (χ0) is 14.1. The van der Waals surface area contributed by atoms with Crippen LogP contribution in [0.25, 0.3) is 10.2 Å². The second-order valence-electron chi connectivity index (χ2n) is 4.50. The molecule has 3 aromatic rings. The Morgan fingerprint density at radius 2 is 2.05 bits per heavy atom. The lowest BCUT2D eigenvalue weighted by Gasteiger charge is -2.07. The SMILES string of the molecule is Cc1cc(C(=O)Nc2ccccc2)c2c(N)csc2n1. The molecular formula is C15H13N3OS. The summed E-state index contributed by atoms with van der Waals surface area (Å²) in [6.45, 7) is 1.87. The van der Waals surface area contributed by atoms with Gasteiger partial charge in [-0.3, -0.25) is 4.79 Å². The summed E-state index contributed by atoms with van der Waals surface area (Å²) in [7, 11) is 0. The number of aryl methyl sites for hydroxylation is 1. The van der Waals surface area contributed by atoms with Crippen molar-refractivity contribution in [1.29, 1.82) is 0 Å². The number of nitrogens with one attached hydrogen (secondary N) is 1. The van der Waals surface area contributed by atoms with Gasteiger partial charge in [0.2, 0.25) is 0 Å². The minimum atomic E-state index is -0.170. The van der Waals surface area contributed by atoms with Crippen LogP contribution in [0, 0.1) is 6.92 Å². The molecule has 0 saturated carbocycles. The number of aromatic nitrogens is 1. The van der Waals surface area contributed by atoms with E-state index in [1.807, 2.05) is 42.6 Å². The van der Waals surface area contributed by atoms with Crippen molar-refractivity contribution in [2.45, 2.75) is 6.92 Å². The number of carbonyl (C=O) groups is 1. The van der Waals surface area contributed by atoms with Crippen molar-refractivity contribution < 1.29 is 4.79 Å². The normalized spacial score (nSPS) is 10.7. The van der Waals surface area contributed by atoms with E-state index in [4.69, 9.17) is 5.73 Å². The summed E-state index contributed by atoms with van der Waals surface area (Å²) in [5, 5.41) is 5.42. The highest BCUT2D eigenvalue weighted by Gasteiger charge is 2.15. The van der Waals surface area contributed by atoms with E-state index in [0.29, 0.717) is 11.3 Å². The van der Waals surface area contributed by atoms with Crippen molar-refractivity contribution in [3.8, 4) is 0 Å². The predicted molar refractivity (Wildman–Crippen MR) is 83.2 cm³/mol. The van der Waals surface area contributed by atoms with Gasteiger partial charge in [-0.2, -0.15) is 0 Å². The number of rotatable bonds is 2. The lowest BCUT2D eigenvalue weighted by atomic mass is 10.1. The molecule has 0 radical (unpaired) electrons. The second kappa shape index (κ2) is 4.94. The Bertz CT molecular complexity index is 780. The molecule has 20 heavy (non-hydrogen) atoms. The number of nitrogens with two attached hydrogens (primary N) is 1. The molecule has 5 heteroatoms. The van der Waals surface area contributed by atoms with Crippen molar-refractivity contribution in [3.05, 3.63) is 53.0 Å². The fourth-order valence-corrected chi connectivity index (χ4v) is 2.98. The lowest BCUT2D eigenvalue weighted by molar-refractivity contribution is 0.102. The standard InChI is InChI=1S/C15H13N3OS/c1-9-7-11(13-12(16)8-20-15(13)17-9)14(19)18-10-5-3-2-4-6-10/h2-8H,16H2,1H3,(H,18,19). The van der Waals surface area contributed by atoms with Crippen LogP contribution in [0.1, 0.15) is 16.1 Å². The number of benzene rings is 1. The highest BCUT2D eigenvalue weighted by Crippen LogP contribution is 2.30. The van der Waals surface area contributed by atoms with Crippen molar-refractivity contribution in [1.82, 2.24) is 4.98 Å². The highest BCUT2D eigenvalue weighted by atomic mass is 32.1. The fraction of sp³-hybridized carbons (Fsp3) is 0.0667. The fourth-order valence-electron chi connectivity index (χ4n) is 2.09. The van der Waals surface area contributed by atoms with Crippen molar-refractivity contribution in [2.75, 3.05) is 11.1 Å². The number of thiophene rings is 1. The Morgan fingerprint density at radius 1 is 1.30 bits per heavy atom. The molecule has 4 nitrogen and oxygen atoms in total. The number of pyridine rings is 1. The molecule has 3 N–H and O–H groups in total. The van der Waals surface area contributed by atoms with Gasteiger partial charge in [0.1, 0.15) is 4.83 Å². The molecular weight excluding hydrogens is 270 g/mol. The van der Waals surface area contributed by atoms with E-state index in [1.54, 1.807) is 6.07 Å². The van der Waals surface area contributed by atoms with Crippen molar-refractivity contribution in [3.63, 3.8) is 0 Å². The molecule has 0 spiro atoms. The number of para-hydroxylation sites is 1. The zero-order valence-corrected chi connectivity index (χ0v) is 11.7. The average molecular weight is 283 g/mol. The molecule has 0 atom stereocenters. The van der Waals surface area contributed by atoms with Gasteiger partial charge in [-0.15, -0.1) is 11.3 Å².